The Morgan fingerprint density at radius 2 is 1.96 bits per heavy atom. The molecule has 0 atom stereocenters. The van der Waals surface area contributed by atoms with Crippen LogP contribution in [0.25, 0.3) is 0 Å². The van der Waals surface area contributed by atoms with Gasteiger partial charge in [0.25, 0.3) is 0 Å². The number of nitrogens with zero attached hydrogens (tertiary/aromatic N) is 3. The van der Waals surface area contributed by atoms with Crippen molar-refractivity contribution in [3.05, 3.63) is 29.8 Å². The van der Waals surface area contributed by atoms with Crippen molar-refractivity contribution in [1.29, 1.82) is 0 Å². The first kappa shape index (κ1) is 21.0. The maximum absolute atomic E-state index is 6.16. The third-order valence-corrected chi connectivity index (χ3v) is 4.29. The van der Waals surface area contributed by atoms with Crippen LogP contribution in [0.15, 0.2) is 29.3 Å². The van der Waals surface area contributed by atoms with Crippen LogP contribution < -0.4 is 10.5 Å². The number of rotatable bonds is 6. The standard InChI is InChI=1S/C18H30N4O.HI/c1-15-8-10-22(11-9-15)18(19)20-14-16-6-4-5-7-17(16)23-13-12-21(2)3;/h4-7,15H,8-14H2,1-3H3,(H2,19,20);1H. The Morgan fingerprint density at radius 3 is 2.62 bits per heavy atom. The summed E-state index contributed by atoms with van der Waals surface area (Å²) in [6.45, 7) is 6.45. The first-order valence-electron chi connectivity index (χ1n) is 8.46. The molecule has 6 heteroatoms. The summed E-state index contributed by atoms with van der Waals surface area (Å²) in [5, 5.41) is 0. The monoisotopic (exact) mass is 446 g/mol. The maximum Gasteiger partial charge on any atom is 0.191 e. The molecule has 1 saturated heterocycles. The number of nitrogens with two attached hydrogens (primary N) is 1. The van der Waals surface area contributed by atoms with Gasteiger partial charge < -0.3 is 20.3 Å². The molecule has 1 heterocycles. The van der Waals surface area contributed by atoms with Crippen molar-refractivity contribution in [2.24, 2.45) is 16.6 Å². The summed E-state index contributed by atoms with van der Waals surface area (Å²) >= 11 is 0. The van der Waals surface area contributed by atoms with E-state index in [0.29, 0.717) is 19.1 Å². The Kier molecular flexibility index (Phi) is 9.43. The van der Waals surface area contributed by atoms with Crippen LogP contribution in [-0.4, -0.2) is 56.1 Å². The Labute approximate surface area is 163 Å². The number of aliphatic imine (C=N–C) groups is 1. The van der Waals surface area contributed by atoms with E-state index >= 15 is 0 Å². The van der Waals surface area contributed by atoms with Crippen molar-refractivity contribution >= 4 is 29.9 Å². The predicted molar refractivity (Wildman–Crippen MR) is 111 cm³/mol. The van der Waals surface area contributed by atoms with Crippen LogP contribution in [0, 0.1) is 5.92 Å². The maximum atomic E-state index is 6.16. The van der Waals surface area contributed by atoms with E-state index < -0.39 is 0 Å². The van der Waals surface area contributed by atoms with Crippen LogP contribution in [0.1, 0.15) is 25.3 Å². The lowest BCUT2D eigenvalue weighted by atomic mass is 10.00. The molecule has 0 saturated carbocycles. The molecule has 0 radical (unpaired) electrons. The molecule has 1 aromatic carbocycles. The summed E-state index contributed by atoms with van der Waals surface area (Å²) < 4.78 is 5.87. The van der Waals surface area contributed by atoms with E-state index in [0.717, 1.165) is 36.9 Å². The highest BCUT2D eigenvalue weighted by Gasteiger charge is 2.17. The van der Waals surface area contributed by atoms with Crippen LogP contribution in [-0.2, 0) is 6.54 Å². The van der Waals surface area contributed by atoms with Gasteiger partial charge in [-0.15, -0.1) is 24.0 Å². The van der Waals surface area contributed by atoms with Crippen LogP contribution in [0.2, 0.25) is 0 Å². The zero-order chi connectivity index (χ0) is 16.7. The molecule has 2 rings (SSSR count). The Morgan fingerprint density at radius 1 is 1.29 bits per heavy atom. The largest absolute Gasteiger partial charge is 0.492 e. The van der Waals surface area contributed by atoms with Gasteiger partial charge in [0, 0.05) is 25.2 Å². The number of hydrogen-bond acceptors (Lipinski definition) is 3. The lowest BCUT2D eigenvalue weighted by Crippen LogP contribution is -2.42. The molecule has 1 fully saturated rings. The molecule has 1 aliphatic heterocycles. The second-order valence-electron chi connectivity index (χ2n) is 6.60. The predicted octanol–water partition coefficient (Wildman–Crippen LogP) is 2.79. The second-order valence-corrected chi connectivity index (χ2v) is 6.60. The SMILES string of the molecule is CC1CCN(C(N)=NCc2ccccc2OCCN(C)C)CC1.I. The molecule has 0 spiro atoms. The van der Waals surface area contributed by atoms with Gasteiger partial charge in [0.2, 0.25) is 0 Å². The van der Waals surface area contributed by atoms with E-state index in [1.165, 1.54) is 12.8 Å². The van der Waals surface area contributed by atoms with E-state index in [1.54, 1.807) is 0 Å². The summed E-state index contributed by atoms with van der Waals surface area (Å²) in [5.41, 5.74) is 7.24. The number of benzene rings is 1. The molecule has 0 aromatic heterocycles. The minimum Gasteiger partial charge on any atom is -0.492 e. The Balaban J connectivity index is 0.00000288. The van der Waals surface area contributed by atoms with E-state index in [4.69, 9.17) is 10.5 Å². The van der Waals surface area contributed by atoms with Crippen molar-refractivity contribution in [2.75, 3.05) is 40.3 Å². The van der Waals surface area contributed by atoms with Crippen LogP contribution in [0.4, 0.5) is 0 Å². The van der Waals surface area contributed by atoms with E-state index in [9.17, 15) is 0 Å². The number of likely N-dealkylation sites (tertiary alicyclic amines) is 1. The normalized spacial score (nSPS) is 16.2. The highest BCUT2D eigenvalue weighted by atomic mass is 127. The number of guanidine groups is 1. The summed E-state index contributed by atoms with van der Waals surface area (Å²) in [5.74, 6) is 2.35. The van der Waals surface area contributed by atoms with Gasteiger partial charge >= 0.3 is 0 Å². The van der Waals surface area contributed by atoms with Gasteiger partial charge in [-0.25, -0.2) is 4.99 Å². The zero-order valence-electron chi connectivity index (χ0n) is 15.1. The summed E-state index contributed by atoms with van der Waals surface area (Å²) in [4.78, 5) is 8.87. The summed E-state index contributed by atoms with van der Waals surface area (Å²) in [6, 6.07) is 8.06. The molecule has 2 N–H and O–H groups in total. The average molecular weight is 446 g/mol. The fourth-order valence-electron chi connectivity index (χ4n) is 2.62. The molecule has 0 unspecified atom stereocenters. The zero-order valence-corrected chi connectivity index (χ0v) is 17.4. The van der Waals surface area contributed by atoms with Crippen LogP contribution >= 0.6 is 24.0 Å². The Bertz CT molecular complexity index is 513. The fraction of sp³-hybridized carbons (Fsp3) is 0.611. The molecule has 24 heavy (non-hydrogen) atoms. The van der Waals surface area contributed by atoms with Crippen LogP contribution in [0.3, 0.4) is 0 Å². The fourth-order valence-corrected chi connectivity index (χ4v) is 2.62. The molecular weight excluding hydrogens is 415 g/mol. The van der Waals surface area contributed by atoms with E-state index in [1.807, 2.05) is 32.3 Å². The van der Waals surface area contributed by atoms with Gasteiger partial charge in [0.1, 0.15) is 12.4 Å². The van der Waals surface area contributed by atoms with Crippen molar-refractivity contribution in [2.45, 2.75) is 26.3 Å². The lowest BCUT2D eigenvalue weighted by molar-refractivity contribution is 0.259. The molecule has 0 aliphatic carbocycles. The molecular formula is C18H31IN4O. The minimum atomic E-state index is 0. The molecule has 1 aromatic rings. The van der Waals surface area contributed by atoms with Crippen molar-refractivity contribution in [3.63, 3.8) is 0 Å². The number of ether oxygens (including phenoxy) is 1. The van der Waals surface area contributed by atoms with Crippen molar-refractivity contribution in [3.8, 4) is 5.75 Å². The van der Waals surface area contributed by atoms with Gasteiger partial charge in [0.05, 0.1) is 6.54 Å². The molecule has 0 amide bonds. The minimum absolute atomic E-state index is 0. The number of piperidine rings is 1. The third kappa shape index (κ3) is 6.84. The highest BCUT2D eigenvalue weighted by molar-refractivity contribution is 14.0. The first-order chi connectivity index (χ1) is 11.1. The summed E-state index contributed by atoms with van der Waals surface area (Å²) in [6.07, 6.45) is 2.39. The number of hydrogen-bond donors (Lipinski definition) is 1. The van der Waals surface area contributed by atoms with Crippen molar-refractivity contribution in [1.82, 2.24) is 9.80 Å². The van der Waals surface area contributed by atoms with Crippen molar-refractivity contribution < 1.29 is 4.74 Å². The lowest BCUT2D eigenvalue weighted by Gasteiger charge is -2.31. The van der Waals surface area contributed by atoms with E-state index in [2.05, 4.69) is 27.8 Å². The number of likely N-dealkylation sites (N-methyl/N-ethyl adjacent to an activating group) is 1. The Hall–Kier alpha value is -1.02. The van der Waals surface area contributed by atoms with Gasteiger partial charge in [-0.2, -0.15) is 0 Å². The topological polar surface area (TPSA) is 54.1 Å². The van der Waals surface area contributed by atoms with Crippen LogP contribution in [0.5, 0.6) is 5.75 Å². The quantitative estimate of drug-likeness (QED) is 0.415. The third-order valence-electron chi connectivity index (χ3n) is 4.29. The first-order valence-corrected chi connectivity index (χ1v) is 8.46. The number of para-hydroxylation sites is 1. The molecule has 0 bridgehead atoms. The van der Waals surface area contributed by atoms with Gasteiger partial charge in [-0.05, 0) is 38.9 Å². The smallest absolute Gasteiger partial charge is 0.191 e. The second kappa shape index (κ2) is 10.8. The van der Waals surface area contributed by atoms with Gasteiger partial charge in [0.15, 0.2) is 5.96 Å². The highest BCUT2D eigenvalue weighted by Crippen LogP contribution is 2.20. The van der Waals surface area contributed by atoms with E-state index in [-0.39, 0.29) is 24.0 Å². The number of halogens is 1. The molecule has 5 nitrogen and oxygen atoms in total. The van der Waals surface area contributed by atoms with Gasteiger partial charge in [-0.1, -0.05) is 25.1 Å². The average Bonchev–Trinajstić information content (AvgIpc) is 2.54. The molecule has 136 valence electrons. The summed E-state index contributed by atoms with van der Waals surface area (Å²) in [7, 11) is 4.08. The molecule has 1 aliphatic rings. The van der Waals surface area contributed by atoms with Gasteiger partial charge in [-0.3, -0.25) is 0 Å².